The number of aromatic nitrogens is 2. The highest BCUT2D eigenvalue weighted by molar-refractivity contribution is 5.87. The van der Waals surface area contributed by atoms with Crippen LogP contribution in [0.5, 0.6) is 0 Å². The molecule has 2 rings (SSSR count). The Hall–Kier alpha value is -1.65. The second-order valence-corrected chi connectivity index (χ2v) is 5.41. The number of rotatable bonds is 3. The first-order chi connectivity index (χ1) is 9.08. The average Bonchev–Trinajstić information content (AvgIpc) is 2.47. The van der Waals surface area contributed by atoms with Crippen LogP contribution in [0, 0.1) is 5.41 Å². The molecule has 19 heavy (non-hydrogen) atoms. The molecule has 1 aliphatic rings. The van der Waals surface area contributed by atoms with Crippen molar-refractivity contribution >= 4 is 11.8 Å². The molecule has 0 unspecified atom stereocenters. The Kier molecular flexibility index (Phi) is 4.02. The summed E-state index contributed by atoms with van der Waals surface area (Å²) in [5.41, 5.74) is 0.702. The van der Waals surface area contributed by atoms with Crippen LogP contribution < -0.4 is 4.90 Å². The molecule has 104 valence electrons. The molecular formula is C14H21N3O2. The zero-order valence-electron chi connectivity index (χ0n) is 11.8. The summed E-state index contributed by atoms with van der Waals surface area (Å²) in [5, 5.41) is 0. The summed E-state index contributed by atoms with van der Waals surface area (Å²) in [4.78, 5) is 22.1. The molecule has 0 spiro atoms. The maximum atomic E-state index is 11.5. The van der Waals surface area contributed by atoms with Gasteiger partial charge >= 0.3 is 5.97 Å². The molecule has 0 aliphatic carbocycles. The van der Waals surface area contributed by atoms with Crippen molar-refractivity contribution in [1.29, 1.82) is 0 Å². The van der Waals surface area contributed by atoms with Crippen molar-refractivity contribution in [3.63, 3.8) is 0 Å². The summed E-state index contributed by atoms with van der Waals surface area (Å²) in [6, 6.07) is 0. The van der Waals surface area contributed by atoms with Gasteiger partial charge in [-0.25, -0.2) is 9.78 Å². The number of nitrogens with zero attached hydrogens (tertiary/aromatic N) is 3. The number of methoxy groups -OCH3 is 1. The van der Waals surface area contributed by atoms with Crippen molar-refractivity contribution in [1.82, 2.24) is 9.97 Å². The SMILES string of the molecule is CCC1(C)CCN(c2cncc(C(=O)OC)n2)CC1. The molecule has 0 aromatic carbocycles. The first-order valence-corrected chi connectivity index (χ1v) is 6.73. The monoisotopic (exact) mass is 263 g/mol. The minimum absolute atomic E-state index is 0.267. The van der Waals surface area contributed by atoms with Gasteiger partial charge in [-0.1, -0.05) is 20.3 Å². The van der Waals surface area contributed by atoms with E-state index in [9.17, 15) is 4.79 Å². The van der Waals surface area contributed by atoms with E-state index in [0.29, 0.717) is 5.41 Å². The van der Waals surface area contributed by atoms with Gasteiger partial charge < -0.3 is 9.64 Å². The molecule has 0 atom stereocenters. The van der Waals surface area contributed by atoms with E-state index < -0.39 is 5.97 Å². The second-order valence-electron chi connectivity index (χ2n) is 5.41. The van der Waals surface area contributed by atoms with Crippen molar-refractivity contribution in [3.05, 3.63) is 18.1 Å². The van der Waals surface area contributed by atoms with Gasteiger partial charge in [-0.2, -0.15) is 0 Å². The largest absolute Gasteiger partial charge is 0.464 e. The summed E-state index contributed by atoms with van der Waals surface area (Å²) in [6.45, 7) is 6.50. The Balaban J connectivity index is 2.09. The van der Waals surface area contributed by atoms with Gasteiger partial charge in [0.15, 0.2) is 5.69 Å². The number of carbonyl (C=O) groups is 1. The molecule has 0 radical (unpaired) electrons. The van der Waals surface area contributed by atoms with E-state index in [4.69, 9.17) is 0 Å². The van der Waals surface area contributed by atoms with Crippen molar-refractivity contribution in [2.24, 2.45) is 5.41 Å². The molecule has 1 aliphatic heterocycles. The third-order valence-electron chi connectivity index (χ3n) is 4.16. The van der Waals surface area contributed by atoms with Gasteiger partial charge in [-0.15, -0.1) is 0 Å². The van der Waals surface area contributed by atoms with Gasteiger partial charge in [-0.3, -0.25) is 4.98 Å². The fraction of sp³-hybridized carbons (Fsp3) is 0.643. The molecule has 1 saturated heterocycles. The van der Waals surface area contributed by atoms with Gasteiger partial charge in [0.2, 0.25) is 0 Å². The van der Waals surface area contributed by atoms with Crippen LogP contribution in [-0.4, -0.2) is 36.1 Å². The third-order valence-corrected chi connectivity index (χ3v) is 4.16. The van der Waals surface area contributed by atoms with E-state index in [-0.39, 0.29) is 5.69 Å². The Morgan fingerprint density at radius 3 is 2.68 bits per heavy atom. The minimum Gasteiger partial charge on any atom is -0.464 e. The number of carbonyl (C=O) groups excluding carboxylic acids is 1. The van der Waals surface area contributed by atoms with Crippen molar-refractivity contribution in [2.75, 3.05) is 25.1 Å². The van der Waals surface area contributed by atoms with Crippen LogP contribution in [0.15, 0.2) is 12.4 Å². The molecule has 1 fully saturated rings. The van der Waals surface area contributed by atoms with Crippen molar-refractivity contribution in [3.8, 4) is 0 Å². The van der Waals surface area contributed by atoms with Crippen molar-refractivity contribution < 1.29 is 9.53 Å². The fourth-order valence-corrected chi connectivity index (χ4v) is 2.34. The molecule has 0 amide bonds. The summed E-state index contributed by atoms with van der Waals surface area (Å²) in [6.07, 6.45) is 6.65. The van der Waals surface area contributed by atoms with Gasteiger partial charge in [0.25, 0.3) is 0 Å². The molecule has 1 aromatic heterocycles. The topological polar surface area (TPSA) is 55.3 Å². The van der Waals surface area contributed by atoms with Gasteiger partial charge in [0.05, 0.1) is 19.5 Å². The van der Waals surface area contributed by atoms with Crippen LogP contribution in [-0.2, 0) is 4.74 Å². The number of esters is 1. The minimum atomic E-state index is -0.440. The van der Waals surface area contributed by atoms with Crippen LogP contribution in [0.25, 0.3) is 0 Å². The molecule has 5 nitrogen and oxygen atoms in total. The van der Waals surface area contributed by atoms with Crippen molar-refractivity contribution in [2.45, 2.75) is 33.1 Å². The number of hydrogen-bond acceptors (Lipinski definition) is 5. The van der Waals surface area contributed by atoms with Gasteiger partial charge in [0, 0.05) is 13.1 Å². The van der Waals surface area contributed by atoms with E-state index in [1.165, 1.54) is 19.7 Å². The number of piperidine rings is 1. The average molecular weight is 263 g/mol. The lowest BCUT2D eigenvalue weighted by Gasteiger charge is -2.39. The number of anilines is 1. The predicted molar refractivity (Wildman–Crippen MR) is 73.2 cm³/mol. The molecule has 0 bridgehead atoms. The molecule has 0 N–H and O–H groups in total. The van der Waals surface area contributed by atoms with Crippen LogP contribution in [0.2, 0.25) is 0 Å². The first kappa shape index (κ1) is 13.8. The summed E-state index contributed by atoms with van der Waals surface area (Å²) >= 11 is 0. The Morgan fingerprint density at radius 1 is 1.42 bits per heavy atom. The summed E-state index contributed by atoms with van der Waals surface area (Å²) < 4.78 is 4.67. The molecule has 5 heteroatoms. The van der Waals surface area contributed by atoms with Gasteiger partial charge in [0.1, 0.15) is 5.82 Å². The highest BCUT2D eigenvalue weighted by Crippen LogP contribution is 2.35. The van der Waals surface area contributed by atoms with E-state index in [1.807, 2.05) is 0 Å². The summed E-state index contributed by atoms with van der Waals surface area (Å²) in [7, 11) is 1.35. The maximum absolute atomic E-state index is 11.5. The third kappa shape index (κ3) is 3.03. The van der Waals surface area contributed by atoms with Crippen LogP contribution >= 0.6 is 0 Å². The lowest BCUT2D eigenvalue weighted by atomic mass is 9.78. The Morgan fingerprint density at radius 2 is 2.11 bits per heavy atom. The van der Waals surface area contributed by atoms with Crippen LogP contribution in [0.4, 0.5) is 5.82 Å². The zero-order valence-corrected chi connectivity index (χ0v) is 11.8. The maximum Gasteiger partial charge on any atom is 0.358 e. The number of hydrogen-bond donors (Lipinski definition) is 0. The zero-order chi connectivity index (χ0) is 13.9. The molecular weight excluding hydrogens is 242 g/mol. The summed E-state index contributed by atoms with van der Waals surface area (Å²) in [5.74, 6) is 0.325. The van der Waals surface area contributed by atoms with E-state index in [2.05, 4.69) is 33.5 Å². The van der Waals surface area contributed by atoms with Gasteiger partial charge in [-0.05, 0) is 18.3 Å². The van der Waals surface area contributed by atoms with E-state index in [0.717, 1.165) is 31.7 Å². The highest BCUT2D eigenvalue weighted by Gasteiger charge is 2.29. The molecule has 0 saturated carbocycles. The second kappa shape index (κ2) is 5.55. The smallest absolute Gasteiger partial charge is 0.358 e. The Bertz CT molecular complexity index is 454. The lowest BCUT2D eigenvalue weighted by molar-refractivity contribution is 0.0593. The predicted octanol–water partition coefficient (Wildman–Crippen LogP) is 2.28. The standard InChI is InChI=1S/C14H21N3O2/c1-4-14(2)5-7-17(8-6-14)12-10-15-9-11(16-12)13(18)19-3/h9-10H,4-8H2,1-3H3. The lowest BCUT2D eigenvalue weighted by Crippen LogP contribution is -2.39. The quantitative estimate of drug-likeness (QED) is 0.783. The first-order valence-electron chi connectivity index (χ1n) is 6.73. The fourth-order valence-electron chi connectivity index (χ4n) is 2.34. The van der Waals surface area contributed by atoms with Crippen LogP contribution in [0.3, 0.4) is 0 Å². The molecule has 2 heterocycles. The van der Waals surface area contributed by atoms with Crippen LogP contribution in [0.1, 0.15) is 43.6 Å². The Labute approximate surface area is 114 Å². The molecule has 1 aromatic rings. The highest BCUT2D eigenvalue weighted by atomic mass is 16.5. The van der Waals surface area contributed by atoms with E-state index >= 15 is 0 Å². The van der Waals surface area contributed by atoms with E-state index in [1.54, 1.807) is 6.20 Å². The number of ether oxygens (including phenoxy) is 1. The normalized spacial score (nSPS) is 18.2.